The molecule has 1 atom stereocenters. The Balaban J connectivity index is 2.48. The van der Waals surface area contributed by atoms with Gasteiger partial charge in [-0.25, -0.2) is 0 Å². The van der Waals surface area contributed by atoms with Gasteiger partial charge in [0.15, 0.2) is 0 Å². The molecule has 0 bridgehead atoms. The molecule has 0 unspecified atom stereocenters. The number of benzene rings is 1. The van der Waals surface area contributed by atoms with Crippen molar-refractivity contribution in [2.45, 2.75) is 12.6 Å². The Morgan fingerprint density at radius 3 is 2.69 bits per heavy atom. The molecule has 86 valence electrons. The molecular formula is C10H10Cl2N2O2. The molecule has 4 nitrogen and oxygen atoms in total. The normalized spacial score (nSPS) is 25.2. The summed E-state index contributed by atoms with van der Waals surface area (Å²) in [6.45, 7) is 1.75. The van der Waals surface area contributed by atoms with E-state index in [0.29, 0.717) is 20.7 Å². The standard InChI is InChI=1S/C10H10Cl2N2O2/c1-10(13-5-9(15)14(10)16)7-3-2-6(11)4-8(7)12/h2-4,13,16H,5H2,1H3/t10-/m1/s1. The summed E-state index contributed by atoms with van der Waals surface area (Å²) in [4.78, 5) is 11.3. The summed E-state index contributed by atoms with van der Waals surface area (Å²) >= 11 is 11.8. The first-order valence-electron chi connectivity index (χ1n) is 4.67. The molecule has 1 saturated heterocycles. The molecule has 2 N–H and O–H groups in total. The van der Waals surface area contributed by atoms with Crippen molar-refractivity contribution in [3.63, 3.8) is 0 Å². The summed E-state index contributed by atoms with van der Waals surface area (Å²) in [5.74, 6) is -0.395. The minimum Gasteiger partial charge on any atom is -0.284 e. The number of carbonyl (C=O) groups is 1. The minimum absolute atomic E-state index is 0.0754. The second kappa shape index (κ2) is 3.89. The zero-order valence-corrected chi connectivity index (χ0v) is 10.0. The Labute approximate surface area is 103 Å². The van der Waals surface area contributed by atoms with Crippen LogP contribution in [-0.2, 0) is 10.5 Å². The van der Waals surface area contributed by atoms with Crippen LogP contribution in [0.5, 0.6) is 0 Å². The molecule has 1 aromatic carbocycles. The predicted molar refractivity (Wildman–Crippen MR) is 60.4 cm³/mol. The van der Waals surface area contributed by atoms with Gasteiger partial charge in [0.1, 0.15) is 5.66 Å². The fraction of sp³-hybridized carbons (Fsp3) is 0.300. The van der Waals surface area contributed by atoms with Gasteiger partial charge in [-0.15, -0.1) is 0 Å². The van der Waals surface area contributed by atoms with Gasteiger partial charge in [0.2, 0.25) is 0 Å². The van der Waals surface area contributed by atoms with Crippen LogP contribution in [0.25, 0.3) is 0 Å². The van der Waals surface area contributed by atoms with Crippen LogP contribution in [0.4, 0.5) is 0 Å². The number of nitrogens with one attached hydrogen (secondary N) is 1. The summed E-state index contributed by atoms with van der Waals surface area (Å²) < 4.78 is 0. The lowest BCUT2D eigenvalue weighted by molar-refractivity contribution is -0.181. The van der Waals surface area contributed by atoms with Gasteiger partial charge in [0, 0.05) is 15.6 Å². The summed E-state index contributed by atoms with van der Waals surface area (Å²) in [5.41, 5.74) is -0.398. The smallest absolute Gasteiger partial charge is 0.262 e. The number of amides is 1. The monoisotopic (exact) mass is 260 g/mol. The van der Waals surface area contributed by atoms with E-state index in [9.17, 15) is 10.0 Å². The SMILES string of the molecule is C[C@@]1(c2ccc(Cl)cc2Cl)NCC(=O)N1O. The van der Waals surface area contributed by atoms with Crippen LogP contribution in [0.2, 0.25) is 10.0 Å². The molecule has 1 heterocycles. The summed E-state index contributed by atoms with van der Waals surface area (Å²) in [5, 5.41) is 14.2. The van der Waals surface area contributed by atoms with Crippen molar-refractivity contribution >= 4 is 29.1 Å². The van der Waals surface area contributed by atoms with Crippen molar-refractivity contribution in [1.82, 2.24) is 10.4 Å². The Morgan fingerprint density at radius 1 is 1.50 bits per heavy atom. The van der Waals surface area contributed by atoms with Crippen molar-refractivity contribution in [2.24, 2.45) is 0 Å². The number of rotatable bonds is 1. The van der Waals surface area contributed by atoms with E-state index in [1.807, 2.05) is 0 Å². The van der Waals surface area contributed by atoms with E-state index < -0.39 is 11.6 Å². The first-order chi connectivity index (χ1) is 7.45. The molecule has 2 rings (SSSR count). The van der Waals surface area contributed by atoms with Gasteiger partial charge in [0.05, 0.1) is 6.54 Å². The van der Waals surface area contributed by atoms with Crippen LogP contribution in [0.1, 0.15) is 12.5 Å². The Morgan fingerprint density at radius 2 is 2.19 bits per heavy atom. The van der Waals surface area contributed by atoms with Crippen LogP contribution < -0.4 is 5.32 Å². The highest BCUT2D eigenvalue weighted by molar-refractivity contribution is 6.35. The molecule has 0 saturated carbocycles. The van der Waals surface area contributed by atoms with Gasteiger partial charge in [-0.05, 0) is 19.1 Å². The van der Waals surface area contributed by atoms with E-state index in [4.69, 9.17) is 23.2 Å². The third kappa shape index (κ3) is 1.68. The van der Waals surface area contributed by atoms with Gasteiger partial charge in [-0.1, -0.05) is 29.3 Å². The van der Waals surface area contributed by atoms with E-state index in [1.165, 1.54) is 0 Å². The average molecular weight is 261 g/mol. The lowest BCUT2D eigenvalue weighted by atomic mass is 10.0. The first-order valence-corrected chi connectivity index (χ1v) is 5.43. The van der Waals surface area contributed by atoms with Gasteiger partial charge in [0.25, 0.3) is 5.91 Å². The predicted octanol–water partition coefficient (Wildman–Crippen LogP) is 1.99. The van der Waals surface area contributed by atoms with Crippen molar-refractivity contribution < 1.29 is 10.0 Å². The van der Waals surface area contributed by atoms with E-state index in [1.54, 1.807) is 25.1 Å². The average Bonchev–Trinajstić information content (AvgIpc) is 2.47. The van der Waals surface area contributed by atoms with Gasteiger partial charge >= 0.3 is 0 Å². The molecule has 1 aliphatic rings. The fourth-order valence-corrected chi connectivity index (χ4v) is 2.33. The Kier molecular flexibility index (Phi) is 2.84. The van der Waals surface area contributed by atoms with E-state index in [2.05, 4.69) is 5.32 Å². The molecule has 1 fully saturated rings. The topological polar surface area (TPSA) is 52.6 Å². The summed E-state index contributed by atoms with van der Waals surface area (Å²) in [6.07, 6.45) is 0. The fourth-order valence-electron chi connectivity index (χ4n) is 1.74. The second-order valence-corrected chi connectivity index (χ2v) is 4.60. The molecule has 1 aromatic rings. The Hall–Kier alpha value is -0.810. The quantitative estimate of drug-likeness (QED) is 0.760. The molecule has 0 spiro atoms. The summed E-state index contributed by atoms with van der Waals surface area (Å²) in [7, 11) is 0. The Bertz CT molecular complexity index is 452. The molecule has 6 heteroatoms. The van der Waals surface area contributed by atoms with Crippen molar-refractivity contribution in [2.75, 3.05) is 6.54 Å². The van der Waals surface area contributed by atoms with E-state index in [-0.39, 0.29) is 6.54 Å². The highest BCUT2D eigenvalue weighted by Crippen LogP contribution is 2.34. The minimum atomic E-state index is -1.00. The number of hydrogen-bond acceptors (Lipinski definition) is 3. The molecular weight excluding hydrogens is 251 g/mol. The van der Waals surface area contributed by atoms with Crippen LogP contribution in [0, 0.1) is 0 Å². The first kappa shape index (κ1) is 11.7. The molecule has 16 heavy (non-hydrogen) atoms. The number of nitrogens with zero attached hydrogens (tertiary/aromatic N) is 1. The largest absolute Gasteiger partial charge is 0.284 e. The van der Waals surface area contributed by atoms with Crippen LogP contribution in [0.15, 0.2) is 18.2 Å². The third-order valence-corrected chi connectivity index (χ3v) is 3.25. The molecule has 0 aromatic heterocycles. The molecule has 0 radical (unpaired) electrons. The van der Waals surface area contributed by atoms with Crippen molar-refractivity contribution in [1.29, 1.82) is 0 Å². The second-order valence-electron chi connectivity index (χ2n) is 3.76. The van der Waals surface area contributed by atoms with Crippen molar-refractivity contribution in [3.05, 3.63) is 33.8 Å². The maximum Gasteiger partial charge on any atom is 0.262 e. The van der Waals surface area contributed by atoms with Crippen LogP contribution in [-0.4, -0.2) is 22.7 Å². The number of carbonyl (C=O) groups excluding carboxylic acids is 1. The van der Waals surface area contributed by atoms with E-state index >= 15 is 0 Å². The van der Waals surface area contributed by atoms with Gasteiger partial charge in [-0.3, -0.25) is 15.3 Å². The lowest BCUT2D eigenvalue weighted by Crippen LogP contribution is -2.45. The van der Waals surface area contributed by atoms with Crippen molar-refractivity contribution in [3.8, 4) is 0 Å². The summed E-state index contributed by atoms with van der Waals surface area (Å²) in [6, 6.07) is 4.91. The van der Waals surface area contributed by atoms with Crippen LogP contribution in [0.3, 0.4) is 0 Å². The molecule has 0 aliphatic carbocycles. The maximum atomic E-state index is 11.3. The van der Waals surface area contributed by atoms with E-state index in [0.717, 1.165) is 0 Å². The van der Waals surface area contributed by atoms with Crippen LogP contribution >= 0.6 is 23.2 Å². The zero-order chi connectivity index (χ0) is 11.9. The van der Waals surface area contributed by atoms with Gasteiger partial charge in [-0.2, -0.15) is 5.06 Å². The number of hydrogen-bond donors (Lipinski definition) is 2. The highest BCUT2D eigenvalue weighted by Gasteiger charge is 2.43. The zero-order valence-electron chi connectivity index (χ0n) is 8.50. The molecule has 1 amide bonds. The third-order valence-electron chi connectivity index (χ3n) is 2.70. The lowest BCUT2D eigenvalue weighted by Gasteiger charge is -2.31. The number of hydroxylamine groups is 2. The number of halogens is 2. The molecule has 1 aliphatic heterocycles. The highest BCUT2D eigenvalue weighted by atomic mass is 35.5. The maximum absolute atomic E-state index is 11.3. The van der Waals surface area contributed by atoms with Gasteiger partial charge < -0.3 is 0 Å².